The van der Waals surface area contributed by atoms with Crippen LogP contribution in [0.1, 0.15) is 26.0 Å². The van der Waals surface area contributed by atoms with Crippen LogP contribution < -0.4 is 0 Å². The maximum atomic E-state index is 12.0. The Bertz CT molecular complexity index is 407. The maximum Gasteiger partial charge on any atom is 0.229 e. The number of hydrogen-bond acceptors (Lipinski definition) is 2. The molecule has 4 nitrogen and oxygen atoms in total. The topological polar surface area (TPSA) is 53.2 Å². The highest BCUT2D eigenvalue weighted by molar-refractivity contribution is 5.95. The van der Waals surface area contributed by atoms with Crippen LogP contribution in [0.5, 0.6) is 0 Å². The number of aromatic amines is 1. The second-order valence-electron chi connectivity index (χ2n) is 4.65. The van der Waals surface area contributed by atoms with Crippen molar-refractivity contribution in [3.05, 3.63) is 24.0 Å². The zero-order valence-corrected chi connectivity index (χ0v) is 9.62. The maximum absolute atomic E-state index is 12.0. The van der Waals surface area contributed by atoms with Gasteiger partial charge in [0.15, 0.2) is 5.78 Å². The Balaban J connectivity index is 2.09. The lowest BCUT2D eigenvalue weighted by Gasteiger charge is -2.29. The van der Waals surface area contributed by atoms with E-state index in [1.165, 1.54) is 0 Å². The fraction of sp³-hybridized carbons (Fsp3) is 0.500. The highest BCUT2D eigenvalue weighted by Crippen LogP contribution is 2.25. The molecule has 1 saturated heterocycles. The van der Waals surface area contributed by atoms with Crippen LogP contribution in [0, 0.1) is 0 Å². The first-order valence-corrected chi connectivity index (χ1v) is 5.48. The van der Waals surface area contributed by atoms with Gasteiger partial charge in [0, 0.05) is 24.9 Å². The average Bonchev–Trinajstić information content (AvgIpc) is 2.77. The Morgan fingerprint density at radius 1 is 1.56 bits per heavy atom. The standard InChI is InChI=1S/C12H16N2O2/c1-12(2)10(15)5-7-14(12)11(16)8-9-4-3-6-13-9/h3-4,6,13H,5,7-8H2,1-2H3. The Labute approximate surface area is 94.6 Å². The van der Waals surface area contributed by atoms with Crippen molar-refractivity contribution in [2.24, 2.45) is 0 Å². The van der Waals surface area contributed by atoms with Gasteiger partial charge in [0.05, 0.1) is 12.0 Å². The summed E-state index contributed by atoms with van der Waals surface area (Å²) in [7, 11) is 0. The third-order valence-corrected chi connectivity index (χ3v) is 3.22. The Kier molecular flexibility index (Phi) is 2.58. The molecule has 1 aromatic rings. The summed E-state index contributed by atoms with van der Waals surface area (Å²) in [5, 5.41) is 0. The molecule has 2 rings (SSSR count). The van der Waals surface area contributed by atoms with Crippen molar-refractivity contribution in [2.75, 3.05) is 6.54 Å². The van der Waals surface area contributed by atoms with Crippen molar-refractivity contribution >= 4 is 11.7 Å². The van der Waals surface area contributed by atoms with Crippen LogP contribution in [-0.2, 0) is 16.0 Å². The van der Waals surface area contributed by atoms with Crippen LogP contribution in [0.2, 0.25) is 0 Å². The Hall–Kier alpha value is -1.58. The van der Waals surface area contributed by atoms with Gasteiger partial charge in [-0.15, -0.1) is 0 Å². The summed E-state index contributed by atoms with van der Waals surface area (Å²) in [6.07, 6.45) is 2.61. The number of likely N-dealkylation sites (tertiary alicyclic amines) is 1. The summed E-state index contributed by atoms with van der Waals surface area (Å²) in [6.45, 7) is 4.18. The van der Waals surface area contributed by atoms with Gasteiger partial charge in [0.1, 0.15) is 0 Å². The van der Waals surface area contributed by atoms with E-state index in [2.05, 4.69) is 4.98 Å². The van der Waals surface area contributed by atoms with Crippen LogP contribution in [0.4, 0.5) is 0 Å². The highest BCUT2D eigenvalue weighted by atomic mass is 16.2. The van der Waals surface area contributed by atoms with E-state index in [1.807, 2.05) is 26.0 Å². The molecule has 0 aliphatic carbocycles. The zero-order valence-electron chi connectivity index (χ0n) is 9.62. The second-order valence-corrected chi connectivity index (χ2v) is 4.65. The number of H-pyrrole nitrogens is 1. The van der Waals surface area contributed by atoms with Crippen molar-refractivity contribution in [3.63, 3.8) is 0 Å². The molecule has 0 saturated carbocycles. The molecule has 1 aliphatic rings. The summed E-state index contributed by atoms with van der Waals surface area (Å²) < 4.78 is 0. The molecule has 0 aromatic carbocycles. The summed E-state index contributed by atoms with van der Waals surface area (Å²) in [5.41, 5.74) is 0.254. The minimum Gasteiger partial charge on any atom is -0.365 e. The first-order chi connectivity index (χ1) is 7.51. The molecule has 1 N–H and O–H groups in total. The number of ketones is 1. The number of amides is 1. The van der Waals surface area contributed by atoms with Gasteiger partial charge in [-0.05, 0) is 26.0 Å². The number of rotatable bonds is 2. The first-order valence-electron chi connectivity index (χ1n) is 5.48. The fourth-order valence-electron chi connectivity index (χ4n) is 2.12. The number of nitrogens with one attached hydrogen (secondary N) is 1. The number of carbonyl (C=O) groups excluding carboxylic acids is 2. The SMILES string of the molecule is CC1(C)C(=O)CCN1C(=O)Cc1ccc[nH]1. The van der Waals surface area contributed by atoms with Gasteiger partial charge in [0.25, 0.3) is 0 Å². The van der Waals surface area contributed by atoms with Crippen molar-refractivity contribution in [1.82, 2.24) is 9.88 Å². The number of nitrogens with zero attached hydrogens (tertiary/aromatic N) is 1. The van der Waals surface area contributed by atoms with Crippen LogP contribution in [0.3, 0.4) is 0 Å². The van der Waals surface area contributed by atoms with Gasteiger partial charge >= 0.3 is 0 Å². The molecule has 0 unspecified atom stereocenters. The number of aromatic nitrogens is 1. The molecule has 16 heavy (non-hydrogen) atoms. The minimum atomic E-state index is -0.635. The molecular formula is C12H16N2O2. The van der Waals surface area contributed by atoms with Gasteiger partial charge in [0.2, 0.25) is 5.91 Å². The smallest absolute Gasteiger partial charge is 0.229 e. The normalized spacial score (nSPS) is 19.1. The molecule has 86 valence electrons. The number of hydrogen-bond donors (Lipinski definition) is 1. The Morgan fingerprint density at radius 3 is 2.81 bits per heavy atom. The van der Waals surface area contributed by atoms with E-state index in [0.717, 1.165) is 5.69 Å². The average molecular weight is 220 g/mol. The van der Waals surface area contributed by atoms with Gasteiger partial charge in [-0.25, -0.2) is 0 Å². The first kappa shape index (κ1) is 10.9. The lowest BCUT2D eigenvalue weighted by atomic mass is 10.0. The molecule has 1 fully saturated rings. The molecule has 0 spiro atoms. The highest BCUT2D eigenvalue weighted by Gasteiger charge is 2.42. The van der Waals surface area contributed by atoms with E-state index >= 15 is 0 Å². The molecule has 1 amide bonds. The molecule has 0 radical (unpaired) electrons. The van der Waals surface area contributed by atoms with E-state index in [4.69, 9.17) is 0 Å². The van der Waals surface area contributed by atoms with Crippen molar-refractivity contribution in [3.8, 4) is 0 Å². The van der Waals surface area contributed by atoms with E-state index in [9.17, 15) is 9.59 Å². The largest absolute Gasteiger partial charge is 0.365 e. The quantitative estimate of drug-likeness (QED) is 0.812. The predicted octanol–water partition coefficient (Wildman–Crippen LogP) is 1.14. The van der Waals surface area contributed by atoms with Crippen molar-refractivity contribution < 1.29 is 9.59 Å². The molecule has 2 heterocycles. The molecule has 0 atom stereocenters. The summed E-state index contributed by atoms with van der Waals surface area (Å²) in [5.74, 6) is 0.158. The lowest BCUT2D eigenvalue weighted by Crippen LogP contribution is -2.47. The molecule has 1 aliphatic heterocycles. The van der Waals surface area contributed by atoms with Gasteiger partial charge < -0.3 is 9.88 Å². The number of carbonyl (C=O) groups is 2. The summed E-state index contributed by atoms with van der Waals surface area (Å²) in [6, 6.07) is 3.74. The van der Waals surface area contributed by atoms with Crippen LogP contribution in [0.15, 0.2) is 18.3 Å². The molecular weight excluding hydrogens is 204 g/mol. The third-order valence-electron chi connectivity index (χ3n) is 3.22. The van der Waals surface area contributed by atoms with E-state index in [1.54, 1.807) is 11.1 Å². The van der Waals surface area contributed by atoms with Gasteiger partial charge in [-0.2, -0.15) is 0 Å². The predicted molar refractivity (Wildman–Crippen MR) is 59.9 cm³/mol. The number of Topliss-reactive ketones (excluding diaryl/α,β-unsaturated/α-hetero) is 1. The monoisotopic (exact) mass is 220 g/mol. The fourth-order valence-corrected chi connectivity index (χ4v) is 2.12. The van der Waals surface area contributed by atoms with Crippen molar-refractivity contribution in [1.29, 1.82) is 0 Å². The van der Waals surface area contributed by atoms with Crippen LogP contribution in [0.25, 0.3) is 0 Å². The summed E-state index contributed by atoms with van der Waals surface area (Å²) in [4.78, 5) is 28.3. The second kappa shape index (κ2) is 3.77. The van der Waals surface area contributed by atoms with E-state index in [-0.39, 0.29) is 11.7 Å². The zero-order chi connectivity index (χ0) is 11.8. The van der Waals surface area contributed by atoms with E-state index < -0.39 is 5.54 Å². The molecule has 4 heteroatoms. The summed E-state index contributed by atoms with van der Waals surface area (Å²) >= 11 is 0. The van der Waals surface area contributed by atoms with Crippen LogP contribution >= 0.6 is 0 Å². The Morgan fingerprint density at radius 2 is 2.31 bits per heavy atom. The third kappa shape index (κ3) is 1.75. The molecule has 0 bridgehead atoms. The van der Waals surface area contributed by atoms with Crippen molar-refractivity contribution in [2.45, 2.75) is 32.2 Å². The minimum absolute atomic E-state index is 0.0123. The lowest BCUT2D eigenvalue weighted by molar-refractivity contribution is -0.138. The molecule has 1 aromatic heterocycles. The van der Waals surface area contributed by atoms with Gasteiger partial charge in [-0.1, -0.05) is 0 Å². The van der Waals surface area contributed by atoms with E-state index in [0.29, 0.717) is 19.4 Å². The van der Waals surface area contributed by atoms with Crippen LogP contribution in [-0.4, -0.2) is 33.7 Å². The van der Waals surface area contributed by atoms with Gasteiger partial charge in [-0.3, -0.25) is 9.59 Å².